The van der Waals surface area contributed by atoms with Gasteiger partial charge in [-0.3, -0.25) is 4.79 Å². The minimum absolute atomic E-state index is 0.223. The monoisotopic (exact) mass is 299 g/mol. The molecule has 1 aromatic rings. The van der Waals surface area contributed by atoms with Crippen LogP contribution in [0.3, 0.4) is 0 Å². The van der Waals surface area contributed by atoms with Crippen molar-refractivity contribution in [3.05, 3.63) is 22.6 Å². The van der Waals surface area contributed by atoms with E-state index in [2.05, 4.69) is 12.0 Å². The highest BCUT2D eigenvalue weighted by atomic mass is 16.5. The van der Waals surface area contributed by atoms with Crippen LogP contribution in [0.15, 0.2) is 17.1 Å². The van der Waals surface area contributed by atoms with Crippen LogP contribution in [0.5, 0.6) is 0 Å². The fourth-order valence-corrected chi connectivity index (χ4v) is 1.55. The summed E-state index contributed by atoms with van der Waals surface area (Å²) in [6.07, 6.45) is 3.67. The van der Waals surface area contributed by atoms with E-state index in [1.165, 1.54) is 16.9 Å². The van der Waals surface area contributed by atoms with Gasteiger partial charge in [0.1, 0.15) is 0 Å². The Morgan fingerprint density at radius 1 is 1.10 bits per heavy atom. The molecule has 1 rings (SSSR count). The molecule has 2 N–H and O–H groups in total. The second kappa shape index (κ2) is 11.2. The molecule has 0 bridgehead atoms. The summed E-state index contributed by atoms with van der Waals surface area (Å²) in [5.41, 5.74) is 5.60. The Balaban J connectivity index is 1.94. The fraction of sp³-hybridized carbons (Fsp3) is 0.714. The van der Waals surface area contributed by atoms with E-state index in [4.69, 9.17) is 19.9 Å². The molecular weight excluding hydrogens is 274 g/mol. The zero-order valence-electron chi connectivity index (χ0n) is 12.6. The summed E-state index contributed by atoms with van der Waals surface area (Å²) in [6, 6.07) is 1.34. The number of anilines is 1. The second-order valence-electron chi connectivity index (χ2n) is 4.54. The van der Waals surface area contributed by atoms with Gasteiger partial charge in [0, 0.05) is 12.7 Å². The van der Waals surface area contributed by atoms with E-state index in [0.717, 1.165) is 19.4 Å². The normalized spacial score (nSPS) is 10.9. The molecule has 7 heteroatoms. The lowest BCUT2D eigenvalue weighted by molar-refractivity contribution is 0.0122. The largest absolute Gasteiger partial charge is 0.397 e. The number of hydrogen-bond acceptors (Lipinski definition) is 6. The zero-order valence-corrected chi connectivity index (χ0v) is 12.6. The standard InChI is InChI=1S/C14H25N3O4/c1-2-3-5-19-7-9-21-10-8-20-6-4-17-14(18)11-13(15)12-16-17/h11-12H,2-10,15H2,1H3. The summed E-state index contributed by atoms with van der Waals surface area (Å²) in [7, 11) is 0. The van der Waals surface area contributed by atoms with E-state index >= 15 is 0 Å². The molecule has 120 valence electrons. The Labute approximate surface area is 125 Å². The van der Waals surface area contributed by atoms with Crippen LogP contribution in [0.1, 0.15) is 19.8 Å². The van der Waals surface area contributed by atoms with Gasteiger partial charge >= 0.3 is 0 Å². The first-order valence-electron chi connectivity index (χ1n) is 7.30. The third-order valence-corrected chi connectivity index (χ3v) is 2.72. The number of nitrogen functional groups attached to an aromatic ring is 1. The number of unbranched alkanes of at least 4 members (excludes halogenated alkanes) is 1. The van der Waals surface area contributed by atoms with Crippen LogP contribution < -0.4 is 11.3 Å². The van der Waals surface area contributed by atoms with Crippen molar-refractivity contribution in [1.29, 1.82) is 0 Å². The van der Waals surface area contributed by atoms with Crippen LogP contribution in [-0.4, -0.2) is 49.4 Å². The van der Waals surface area contributed by atoms with E-state index in [1.54, 1.807) is 0 Å². The SMILES string of the molecule is CCCCOCCOCCOCCn1ncc(N)cc1=O. The van der Waals surface area contributed by atoms with Gasteiger partial charge in [0.2, 0.25) is 0 Å². The predicted molar refractivity (Wildman–Crippen MR) is 80.3 cm³/mol. The lowest BCUT2D eigenvalue weighted by atomic mass is 10.4. The molecule has 0 saturated carbocycles. The first kappa shape index (κ1) is 17.6. The smallest absolute Gasteiger partial charge is 0.268 e. The number of rotatable bonds is 12. The second-order valence-corrected chi connectivity index (χ2v) is 4.54. The molecule has 1 heterocycles. The van der Waals surface area contributed by atoms with Gasteiger partial charge in [0.05, 0.1) is 51.5 Å². The number of aromatic nitrogens is 2. The van der Waals surface area contributed by atoms with Crippen LogP contribution in [0.4, 0.5) is 5.69 Å². The Morgan fingerprint density at radius 3 is 2.33 bits per heavy atom. The van der Waals surface area contributed by atoms with Gasteiger partial charge in [0.15, 0.2) is 0 Å². The maximum atomic E-state index is 11.5. The van der Waals surface area contributed by atoms with E-state index in [9.17, 15) is 4.79 Å². The number of nitrogens with two attached hydrogens (primary N) is 1. The van der Waals surface area contributed by atoms with Gasteiger partial charge in [-0.1, -0.05) is 13.3 Å². The molecule has 0 saturated heterocycles. The van der Waals surface area contributed by atoms with E-state index in [1.807, 2.05) is 0 Å². The van der Waals surface area contributed by atoms with Crippen molar-refractivity contribution in [2.24, 2.45) is 0 Å². The summed E-state index contributed by atoms with van der Waals surface area (Å²) >= 11 is 0. The molecule has 21 heavy (non-hydrogen) atoms. The van der Waals surface area contributed by atoms with Gasteiger partial charge in [-0.15, -0.1) is 0 Å². The Hall–Kier alpha value is -1.44. The highest BCUT2D eigenvalue weighted by Gasteiger charge is 1.98. The average Bonchev–Trinajstić information content (AvgIpc) is 2.46. The first-order chi connectivity index (χ1) is 10.2. The maximum Gasteiger partial charge on any atom is 0.268 e. The molecule has 7 nitrogen and oxygen atoms in total. The van der Waals surface area contributed by atoms with Crippen LogP contribution >= 0.6 is 0 Å². The number of hydrogen-bond donors (Lipinski definition) is 1. The lowest BCUT2D eigenvalue weighted by Gasteiger charge is -2.07. The minimum Gasteiger partial charge on any atom is -0.397 e. The third-order valence-electron chi connectivity index (χ3n) is 2.72. The molecular formula is C14H25N3O4. The average molecular weight is 299 g/mol. The molecule has 0 aliphatic rings. The summed E-state index contributed by atoms with van der Waals surface area (Å²) in [6.45, 7) is 5.92. The Morgan fingerprint density at radius 2 is 1.71 bits per heavy atom. The van der Waals surface area contributed by atoms with Gasteiger partial charge in [-0.05, 0) is 6.42 Å². The van der Waals surface area contributed by atoms with Crippen molar-refractivity contribution in [3.63, 3.8) is 0 Å². The molecule has 0 aliphatic carbocycles. The molecule has 0 amide bonds. The van der Waals surface area contributed by atoms with Crippen molar-refractivity contribution >= 4 is 5.69 Å². The lowest BCUT2D eigenvalue weighted by Crippen LogP contribution is -2.25. The van der Waals surface area contributed by atoms with Crippen LogP contribution in [0.2, 0.25) is 0 Å². The fourth-order valence-electron chi connectivity index (χ4n) is 1.55. The van der Waals surface area contributed by atoms with Gasteiger partial charge in [-0.2, -0.15) is 5.10 Å². The third kappa shape index (κ3) is 8.44. The summed E-state index contributed by atoms with van der Waals surface area (Å²) in [5.74, 6) is 0. The van der Waals surface area contributed by atoms with Gasteiger partial charge in [0.25, 0.3) is 5.56 Å². The van der Waals surface area contributed by atoms with E-state index in [-0.39, 0.29) is 5.56 Å². The van der Waals surface area contributed by atoms with Crippen LogP contribution in [-0.2, 0) is 20.8 Å². The number of ether oxygens (including phenoxy) is 3. The van der Waals surface area contributed by atoms with Crippen molar-refractivity contribution in [1.82, 2.24) is 9.78 Å². The highest BCUT2D eigenvalue weighted by Crippen LogP contribution is 1.91. The Kier molecular flexibility index (Phi) is 9.43. The highest BCUT2D eigenvalue weighted by molar-refractivity contribution is 5.31. The Bertz CT molecular complexity index is 436. The summed E-state index contributed by atoms with van der Waals surface area (Å²) < 4.78 is 17.4. The maximum absolute atomic E-state index is 11.5. The van der Waals surface area contributed by atoms with Crippen molar-refractivity contribution in [2.45, 2.75) is 26.3 Å². The van der Waals surface area contributed by atoms with Crippen LogP contribution in [0, 0.1) is 0 Å². The minimum atomic E-state index is -0.223. The van der Waals surface area contributed by atoms with Gasteiger partial charge in [-0.25, -0.2) is 4.68 Å². The molecule has 0 unspecified atom stereocenters. The van der Waals surface area contributed by atoms with Gasteiger partial charge < -0.3 is 19.9 Å². The zero-order chi connectivity index (χ0) is 15.3. The molecule has 0 aromatic carbocycles. The van der Waals surface area contributed by atoms with E-state index in [0.29, 0.717) is 45.3 Å². The quantitative estimate of drug-likeness (QED) is 0.571. The molecule has 0 atom stereocenters. The molecule has 0 fully saturated rings. The van der Waals surface area contributed by atoms with E-state index < -0.39 is 0 Å². The van der Waals surface area contributed by atoms with Crippen molar-refractivity contribution < 1.29 is 14.2 Å². The molecule has 0 radical (unpaired) electrons. The topological polar surface area (TPSA) is 88.6 Å². The molecule has 0 aliphatic heterocycles. The first-order valence-corrected chi connectivity index (χ1v) is 7.30. The van der Waals surface area contributed by atoms with Crippen LogP contribution in [0.25, 0.3) is 0 Å². The molecule has 0 spiro atoms. The summed E-state index contributed by atoms with van der Waals surface area (Å²) in [4.78, 5) is 11.5. The van der Waals surface area contributed by atoms with Crippen molar-refractivity contribution in [2.75, 3.05) is 45.4 Å². The predicted octanol–water partition coefficient (Wildman–Crippen LogP) is 0.675. The summed E-state index contributed by atoms with van der Waals surface area (Å²) in [5, 5.41) is 3.91. The molecule has 1 aromatic heterocycles. The van der Waals surface area contributed by atoms with Crippen molar-refractivity contribution in [3.8, 4) is 0 Å². The number of nitrogens with zero attached hydrogens (tertiary/aromatic N) is 2.